The van der Waals surface area contributed by atoms with E-state index in [0.717, 1.165) is 19.3 Å². The quantitative estimate of drug-likeness (QED) is 0.793. The van der Waals surface area contributed by atoms with Crippen LogP contribution in [0.2, 0.25) is 0 Å². The molecule has 2 aliphatic rings. The van der Waals surface area contributed by atoms with Gasteiger partial charge in [-0.3, -0.25) is 4.79 Å². The first-order chi connectivity index (χ1) is 12.2. The van der Waals surface area contributed by atoms with Crippen LogP contribution in [0, 0.1) is 0 Å². The number of rotatable bonds is 3. The van der Waals surface area contributed by atoms with E-state index in [1.165, 1.54) is 34.4 Å². The minimum atomic E-state index is -0.407. The summed E-state index contributed by atoms with van der Waals surface area (Å²) >= 11 is 1.74. The molecule has 5 heteroatoms. The van der Waals surface area contributed by atoms with Gasteiger partial charge >= 0.3 is 5.97 Å². The molecule has 0 saturated carbocycles. The molecule has 0 radical (unpaired) electrons. The first-order valence-corrected chi connectivity index (χ1v) is 9.70. The number of aryl methyl sites for hydroxylation is 2. The summed E-state index contributed by atoms with van der Waals surface area (Å²) in [6.45, 7) is 1.13. The Hall–Kier alpha value is -2.14. The van der Waals surface area contributed by atoms with Crippen molar-refractivity contribution in [3.8, 4) is 0 Å². The summed E-state index contributed by atoms with van der Waals surface area (Å²) in [6, 6.07) is 7.84. The highest BCUT2D eigenvalue weighted by molar-refractivity contribution is 7.10. The van der Waals surface area contributed by atoms with Crippen LogP contribution >= 0.6 is 11.3 Å². The van der Waals surface area contributed by atoms with Gasteiger partial charge in [-0.2, -0.15) is 0 Å². The molecule has 1 aromatic carbocycles. The molecule has 4 nitrogen and oxygen atoms in total. The largest absolute Gasteiger partial charge is 0.452 e. The van der Waals surface area contributed by atoms with Crippen molar-refractivity contribution in [1.29, 1.82) is 0 Å². The van der Waals surface area contributed by atoms with Gasteiger partial charge in [0.25, 0.3) is 5.91 Å². The Morgan fingerprint density at radius 3 is 2.76 bits per heavy atom. The van der Waals surface area contributed by atoms with Gasteiger partial charge < -0.3 is 9.64 Å². The highest BCUT2D eigenvalue weighted by Crippen LogP contribution is 2.24. The molecule has 0 N–H and O–H groups in total. The van der Waals surface area contributed by atoms with Crippen LogP contribution in [0.3, 0.4) is 0 Å². The number of ether oxygens (including phenoxy) is 1. The first-order valence-electron chi connectivity index (χ1n) is 8.82. The molecule has 25 heavy (non-hydrogen) atoms. The molecule has 1 aromatic heterocycles. The summed E-state index contributed by atoms with van der Waals surface area (Å²) < 4.78 is 5.28. The molecule has 2 aromatic rings. The van der Waals surface area contributed by atoms with Crippen LogP contribution in [0.1, 0.15) is 44.8 Å². The second-order valence-corrected chi connectivity index (χ2v) is 7.70. The van der Waals surface area contributed by atoms with Gasteiger partial charge in [-0.05, 0) is 72.4 Å². The summed E-state index contributed by atoms with van der Waals surface area (Å²) in [5.74, 6) is -0.530. The Labute approximate surface area is 151 Å². The Morgan fingerprint density at radius 1 is 1.04 bits per heavy atom. The molecule has 1 amide bonds. The third-order valence-electron chi connectivity index (χ3n) is 5.07. The molecule has 1 aliphatic carbocycles. The Balaban J connectivity index is 1.35. The van der Waals surface area contributed by atoms with E-state index in [4.69, 9.17) is 4.74 Å². The molecule has 130 valence electrons. The van der Waals surface area contributed by atoms with Crippen LogP contribution in [0.4, 0.5) is 0 Å². The van der Waals surface area contributed by atoms with Crippen molar-refractivity contribution in [2.24, 2.45) is 0 Å². The number of hydrogen-bond acceptors (Lipinski definition) is 4. The highest BCUT2D eigenvalue weighted by atomic mass is 32.1. The zero-order valence-corrected chi connectivity index (χ0v) is 14.9. The van der Waals surface area contributed by atoms with E-state index < -0.39 is 5.97 Å². The van der Waals surface area contributed by atoms with Gasteiger partial charge in [-0.25, -0.2) is 4.79 Å². The van der Waals surface area contributed by atoms with Crippen LogP contribution < -0.4 is 0 Å². The van der Waals surface area contributed by atoms with Crippen LogP contribution in [0.25, 0.3) is 0 Å². The van der Waals surface area contributed by atoms with Gasteiger partial charge in [0.05, 0.1) is 5.56 Å². The molecule has 4 rings (SSSR count). The maximum Gasteiger partial charge on any atom is 0.338 e. The maximum absolute atomic E-state index is 12.4. The summed E-state index contributed by atoms with van der Waals surface area (Å²) in [7, 11) is 0. The van der Waals surface area contributed by atoms with Crippen molar-refractivity contribution in [1.82, 2.24) is 4.90 Å². The van der Waals surface area contributed by atoms with Crippen LogP contribution in [0.5, 0.6) is 0 Å². The minimum Gasteiger partial charge on any atom is -0.452 e. The molecule has 0 atom stereocenters. The summed E-state index contributed by atoms with van der Waals surface area (Å²) in [5.41, 5.74) is 4.34. The predicted octanol–water partition coefficient (Wildman–Crippen LogP) is 3.37. The number of thiophene rings is 1. The molecular formula is C20H21NO3S. The van der Waals surface area contributed by atoms with E-state index in [1.54, 1.807) is 16.2 Å². The predicted molar refractivity (Wildman–Crippen MR) is 96.8 cm³/mol. The van der Waals surface area contributed by atoms with Gasteiger partial charge in [0.2, 0.25) is 0 Å². The van der Waals surface area contributed by atoms with Crippen LogP contribution in [-0.2, 0) is 35.3 Å². The molecule has 0 bridgehead atoms. The van der Waals surface area contributed by atoms with E-state index in [2.05, 4.69) is 11.4 Å². The van der Waals surface area contributed by atoms with E-state index in [1.807, 2.05) is 18.2 Å². The lowest BCUT2D eigenvalue weighted by molar-refractivity contribution is -0.135. The van der Waals surface area contributed by atoms with E-state index in [-0.39, 0.29) is 12.5 Å². The van der Waals surface area contributed by atoms with Crippen molar-refractivity contribution in [2.75, 3.05) is 13.2 Å². The second-order valence-electron chi connectivity index (χ2n) is 6.70. The average Bonchev–Trinajstić information content (AvgIpc) is 3.13. The average molecular weight is 355 g/mol. The molecule has 0 saturated heterocycles. The number of fused-ring (bicyclic) bond motifs is 2. The number of amides is 1. The number of carbonyl (C=O) groups is 2. The Morgan fingerprint density at radius 2 is 1.88 bits per heavy atom. The van der Waals surface area contributed by atoms with Gasteiger partial charge in [-0.15, -0.1) is 11.3 Å². The zero-order valence-electron chi connectivity index (χ0n) is 14.1. The Bertz CT molecular complexity index is 811. The normalized spacial score (nSPS) is 16.1. The summed E-state index contributed by atoms with van der Waals surface area (Å²) in [5, 5.41) is 2.06. The fraction of sp³-hybridized carbons (Fsp3) is 0.400. The van der Waals surface area contributed by atoms with Crippen molar-refractivity contribution in [3.63, 3.8) is 0 Å². The zero-order chi connectivity index (χ0) is 17.2. The van der Waals surface area contributed by atoms with E-state index >= 15 is 0 Å². The molecule has 0 unspecified atom stereocenters. The summed E-state index contributed by atoms with van der Waals surface area (Å²) in [4.78, 5) is 27.8. The minimum absolute atomic E-state index is 0.122. The maximum atomic E-state index is 12.4. The van der Waals surface area contributed by atoms with Crippen LogP contribution in [0.15, 0.2) is 29.6 Å². The fourth-order valence-corrected chi connectivity index (χ4v) is 4.51. The standard InChI is InChI=1S/C20H21NO3S/c22-19(21-9-7-18-17(12-21)8-10-25-18)13-24-20(23)16-6-5-14-3-1-2-4-15(14)11-16/h5-6,8,10-11H,1-4,7,9,12-13H2. The smallest absolute Gasteiger partial charge is 0.338 e. The number of hydrogen-bond donors (Lipinski definition) is 0. The van der Waals surface area contributed by atoms with E-state index in [0.29, 0.717) is 18.7 Å². The van der Waals surface area contributed by atoms with Gasteiger partial charge in [-0.1, -0.05) is 6.07 Å². The fourth-order valence-electron chi connectivity index (χ4n) is 3.62. The topological polar surface area (TPSA) is 46.6 Å². The molecule has 0 fully saturated rings. The first kappa shape index (κ1) is 16.3. The van der Waals surface area contributed by atoms with Crippen molar-refractivity contribution in [3.05, 3.63) is 56.8 Å². The van der Waals surface area contributed by atoms with Crippen LogP contribution in [-0.4, -0.2) is 29.9 Å². The summed E-state index contributed by atoms with van der Waals surface area (Å²) in [6.07, 6.45) is 5.38. The Kier molecular flexibility index (Phi) is 4.57. The number of nitrogens with zero attached hydrogens (tertiary/aromatic N) is 1. The van der Waals surface area contributed by atoms with Gasteiger partial charge in [0, 0.05) is 18.0 Å². The monoisotopic (exact) mass is 355 g/mol. The second kappa shape index (κ2) is 7.00. The van der Waals surface area contributed by atoms with Crippen molar-refractivity contribution < 1.29 is 14.3 Å². The van der Waals surface area contributed by atoms with Crippen molar-refractivity contribution in [2.45, 2.75) is 38.6 Å². The lowest BCUT2D eigenvalue weighted by atomic mass is 9.90. The molecule has 0 spiro atoms. The van der Waals surface area contributed by atoms with Gasteiger partial charge in [0.1, 0.15) is 0 Å². The number of benzene rings is 1. The SMILES string of the molecule is O=C(OCC(=O)N1CCc2sccc2C1)c1ccc2c(c1)CCCC2. The molecular weight excluding hydrogens is 334 g/mol. The van der Waals surface area contributed by atoms with Crippen molar-refractivity contribution >= 4 is 23.2 Å². The third-order valence-corrected chi connectivity index (χ3v) is 6.09. The number of carbonyl (C=O) groups excluding carboxylic acids is 2. The third kappa shape index (κ3) is 3.47. The highest BCUT2D eigenvalue weighted by Gasteiger charge is 2.22. The molecule has 1 aliphatic heterocycles. The van der Waals surface area contributed by atoms with Gasteiger partial charge in [0.15, 0.2) is 6.61 Å². The lowest BCUT2D eigenvalue weighted by Crippen LogP contribution is -2.38. The van der Waals surface area contributed by atoms with E-state index in [9.17, 15) is 9.59 Å². The lowest BCUT2D eigenvalue weighted by Gasteiger charge is -2.26. The number of esters is 1. The molecule has 2 heterocycles.